The lowest BCUT2D eigenvalue weighted by Gasteiger charge is -2.16. The van der Waals surface area contributed by atoms with Gasteiger partial charge in [-0.05, 0) is 46.3 Å². The normalized spacial score (nSPS) is 13.5. The summed E-state index contributed by atoms with van der Waals surface area (Å²) in [6.07, 6.45) is 0. The van der Waals surface area contributed by atoms with Gasteiger partial charge in [-0.2, -0.15) is 0 Å². The SMILES string of the molecule is CCOP(O)(=S)Oc1ccc(Br)cc1Cl.CN(C)C. The van der Waals surface area contributed by atoms with Crippen LogP contribution in [0.15, 0.2) is 22.7 Å². The molecule has 4 nitrogen and oxygen atoms in total. The lowest BCUT2D eigenvalue weighted by atomic mass is 10.3. The molecule has 0 aromatic heterocycles. The minimum absolute atomic E-state index is 0.294. The first kappa shape index (κ1) is 19.3. The molecule has 0 spiro atoms. The highest BCUT2D eigenvalue weighted by molar-refractivity contribution is 9.10. The van der Waals surface area contributed by atoms with Crippen molar-refractivity contribution in [1.29, 1.82) is 0 Å². The predicted molar refractivity (Wildman–Crippen MR) is 87.5 cm³/mol. The lowest BCUT2D eigenvalue weighted by Crippen LogP contribution is -1.99. The number of nitrogens with zero attached hydrogens (tertiary/aromatic N) is 1. The molecule has 8 heteroatoms. The lowest BCUT2D eigenvalue weighted by molar-refractivity contribution is 0.271. The summed E-state index contributed by atoms with van der Waals surface area (Å²) >= 11 is 13.9. The van der Waals surface area contributed by atoms with Crippen LogP contribution in [0, 0.1) is 0 Å². The van der Waals surface area contributed by atoms with Gasteiger partial charge in [0.2, 0.25) is 0 Å². The van der Waals surface area contributed by atoms with Gasteiger partial charge >= 0.3 is 6.72 Å². The summed E-state index contributed by atoms with van der Waals surface area (Å²) in [4.78, 5) is 11.6. The quantitative estimate of drug-likeness (QED) is 0.790. The van der Waals surface area contributed by atoms with Crippen molar-refractivity contribution in [2.75, 3.05) is 27.7 Å². The Labute approximate surface area is 133 Å². The van der Waals surface area contributed by atoms with Crippen LogP contribution in [0.3, 0.4) is 0 Å². The number of hydrogen-bond donors (Lipinski definition) is 1. The van der Waals surface area contributed by atoms with Crippen LogP contribution >= 0.6 is 34.2 Å². The Bertz CT molecular complexity index is 445. The van der Waals surface area contributed by atoms with Crippen molar-refractivity contribution in [3.8, 4) is 5.75 Å². The fourth-order valence-electron chi connectivity index (χ4n) is 0.863. The van der Waals surface area contributed by atoms with Crippen molar-refractivity contribution >= 4 is 46.1 Å². The number of hydrogen-bond acceptors (Lipinski definition) is 4. The number of benzene rings is 1. The summed E-state index contributed by atoms with van der Waals surface area (Å²) in [5.74, 6) is 0.319. The van der Waals surface area contributed by atoms with Crippen LogP contribution in [-0.2, 0) is 16.3 Å². The second-order valence-corrected chi connectivity index (χ2v) is 7.98. The zero-order valence-corrected chi connectivity index (χ0v) is 15.3. The summed E-state index contributed by atoms with van der Waals surface area (Å²) in [6, 6.07) is 5.00. The highest BCUT2D eigenvalue weighted by Crippen LogP contribution is 2.46. The van der Waals surface area contributed by atoms with E-state index >= 15 is 0 Å². The van der Waals surface area contributed by atoms with Gasteiger partial charge in [-0.3, -0.25) is 4.52 Å². The molecule has 0 heterocycles. The molecule has 1 N–H and O–H groups in total. The Morgan fingerprint density at radius 2 is 1.95 bits per heavy atom. The van der Waals surface area contributed by atoms with E-state index in [0.717, 1.165) is 4.47 Å². The maximum Gasteiger partial charge on any atom is 0.377 e. The van der Waals surface area contributed by atoms with E-state index in [1.54, 1.807) is 25.1 Å². The molecule has 0 radical (unpaired) electrons. The van der Waals surface area contributed by atoms with Gasteiger partial charge in [-0.1, -0.05) is 27.5 Å². The van der Waals surface area contributed by atoms with E-state index in [1.165, 1.54) is 0 Å². The van der Waals surface area contributed by atoms with Crippen LogP contribution in [0.1, 0.15) is 6.92 Å². The zero-order chi connectivity index (χ0) is 15.1. The zero-order valence-electron chi connectivity index (χ0n) is 11.3. The molecule has 0 amide bonds. The van der Waals surface area contributed by atoms with Gasteiger partial charge in [0.05, 0.1) is 11.6 Å². The minimum Gasteiger partial charge on any atom is -0.423 e. The van der Waals surface area contributed by atoms with Gasteiger partial charge in [0, 0.05) is 16.3 Å². The first-order valence-electron chi connectivity index (χ1n) is 5.41. The molecule has 1 aromatic rings. The fourth-order valence-corrected chi connectivity index (χ4v) is 2.97. The number of halogens is 2. The van der Waals surface area contributed by atoms with Crippen LogP contribution < -0.4 is 4.52 Å². The molecule has 1 rings (SSSR count). The Morgan fingerprint density at radius 3 is 2.37 bits per heavy atom. The van der Waals surface area contributed by atoms with E-state index < -0.39 is 6.72 Å². The average Bonchev–Trinajstić information content (AvgIpc) is 2.21. The maximum absolute atomic E-state index is 9.57. The largest absolute Gasteiger partial charge is 0.423 e. The number of rotatable bonds is 4. The Hall–Kier alpha value is 0.320. The molecule has 0 fully saturated rings. The highest BCUT2D eigenvalue weighted by atomic mass is 79.9. The van der Waals surface area contributed by atoms with Gasteiger partial charge < -0.3 is 14.3 Å². The highest BCUT2D eigenvalue weighted by Gasteiger charge is 2.17. The van der Waals surface area contributed by atoms with E-state index in [0.29, 0.717) is 17.4 Å². The first-order chi connectivity index (χ1) is 8.68. The van der Waals surface area contributed by atoms with Gasteiger partial charge in [0.15, 0.2) is 0 Å². The van der Waals surface area contributed by atoms with Crippen LogP contribution in [0.2, 0.25) is 5.02 Å². The molecule has 1 aromatic carbocycles. The molecule has 0 aliphatic carbocycles. The molecule has 0 saturated heterocycles. The van der Waals surface area contributed by atoms with Crippen molar-refractivity contribution < 1.29 is 13.9 Å². The van der Waals surface area contributed by atoms with E-state index in [-0.39, 0.29) is 0 Å². The summed E-state index contributed by atoms with van der Waals surface area (Å²) in [5, 5.41) is 0.368. The second kappa shape index (κ2) is 9.29. The summed E-state index contributed by atoms with van der Waals surface area (Å²) in [7, 11) is 6.00. The molecule has 0 saturated carbocycles. The van der Waals surface area contributed by atoms with Crippen molar-refractivity contribution in [2.45, 2.75) is 6.92 Å². The molecular weight excluding hydrogens is 373 g/mol. The third-order valence-corrected chi connectivity index (χ3v) is 3.74. The van der Waals surface area contributed by atoms with Crippen molar-refractivity contribution in [3.05, 3.63) is 27.7 Å². The van der Waals surface area contributed by atoms with Gasteiger partial charge in [0.25, 0.3) is 0 Å². The van der Waals surface area contributed by atoms with E-state index in [4.69, 9.17) is 32.5 Å². The van der Waals surface area contributed by atoms with E-state index in [1.807, 2.05) is 26.0 Å². The van der Waals surface area contributed by atoms with Crippen LogP contribution in [-0.4, -0.2) is 37.5 Å². The van der Waals surface area contributed by atoms with Gasteiger partial charge in [-0.15, -0.1) is 0 Å². The standard InChI is InChI=1S/C8H9BrClO3PS.C3H9N/c1-2-12-14(11,15)13-8-4-3-6(9)5-7(8)10;1-4(2)3/h3-5H,2H2,1H3,(H,11,15);1-3H3. The summed E-state index contributed by atoms with van der Waals surface area (Å²) < 4.78 is 10.9. The minimum atomic E-state index is -3.22. The molecular formula is C11H18BrClNO3PS. The average molecular weight is 391 g/mol. The first-order valence-corrected chi connectivity index (χ1v) is 9.17. The van der Waals surface area contributed by atoms with E-state index in [2.05, 4.69) is 15.9 Å². The Kier molecular flexibility index (Phi) is 9.45. The van der Waals surface area contributed by atoms with Crippen molar-refractivity contribution in [1.82, 2.24) is 4.90 Å². The maximum atomic E-state index is 9.57. The Balaban J connectivity index is 0.000000711. The van der Waals surface area contributed by atoms with Crippen LogP contribution in [0.25, 0.3) is 0 Å². The summed E-state index contributed by atoms with van der Waals surface area (Å²) in [5.41, 5.74) is 0. The molecule has 110 valence electrons. The third-order valence-electron chi connectivity index (χ3n) is 1.40. The molecule has 1 unspecified atom stereocenters. The molecule has 0 bridgehead atoms. The monoisotopic (exact) mass is 389 g/mol. The topological polar surface area (TPSA) is 41.9 Å². The van der Waals surface area contributed by atoms with Gasteiger partial charge in [-0.25, -0.2) is 0 Å². The molecule has 0 aliphatic heterocycles. The van der Waals surface area contributed by atoms with E-state index in [9.17, 15) is 4.89 Å². The van der Waals surface area contributed by atoms with Crippen molar-refractivity contribution in [2.24, 2.45) is 0 Å². The van der Waals surface area contributed by atoms with Crippen LogP contribution in [0.5, 0.6) is 5.75 Å². The van der Waals surface area contributed by atoms with Gasteiger partial charge in [0.1, 0.15) is 5.75 Å². The molecule has 0 aliphatic rings. The summed E-state index contributed by atoms with van der Waals surface area (Å²) in [6.45, 7) is -1.20. The van der Waals surface area contributed by atoms with Crippen LogP contribution in [0.4, 0.5) is 0 Å². The predicted octanol–water partition coefficient (Wildman–Crippen LogP) is 3.91. The third kappa shape index (κ3) is 9.79. The molecule has 19 heavy (non-hydrogen) atoms. The second-order valence-electron chi connectivity index (χ2n) is 3.89. The van der Waals surface area contributed by atoms with Crippen molar-refractivity contribution in [3.63, 3.8) is 0 Å². The molecule has 1 atom stereocenters. The Morgan fingerprint density at radius 1 is 1.42 bits per heavy atom. The smallest absolute Gasteiger partial charge is 0.377 e. The fraction of sp³-hybridized carbons (Fsp3) is 0.455.